The van der Waals surface area contributed by atoms with Crippen molar-refractivity contribution >= 4 is 34.8 Å². The smallest absolute Gasteiger partial charge is 0.407 e. The molecule has 3 aromatic rings. The first-order valence-electron chi connectivity index (χ1n) is 12.4. The fourth-order valence-corrected chi connectivity index (χ4v) is 3.65. The van der Waals surface area contributed by atoms with Gasteiger partial charge in [-0.1, -0.05) is 6.08 Å². The van der Waals surface area contributed by atoms with Gasteiger partial charge >= 0.3 is 12.3 Å². The van der Waals surface area contributed by atoms with E-state index in [4.69, 9.17) is 0 Å². The number of pyridine rings is 1. The first-order valence-corrected chi connectivity index (χ1v) is 12.4. The van der Waals surface area contributed by atoms with E-state index < -0.39 is 36.2 Å². The van der Waals surface area contributed by atoms with E-state index >= 15 is 0 Å². The van der Waals surface area contributed by atoms with Crippen LogP contribution in [0.2, 0.25) is 0 Å². The largest absolute Gasteiger partial charge is 0.453 e. The topological polar surface area (TPSA) is 164 Å². The number of likely N-dealkylation sites (N-methyl/N-ethyl adjacent to an activating group) is 1. The molecule has 0 radical (unpaired) electrons. The Morgan fingerprint density at radius 2 is 2.00 bits per heavy atom. The van der Waals surface area contributed by atoms with Crippen LogP contribution in [0.3, 0.4) is 0 Å². The molecule has 3 aromatic heterocycles. The van der Waals surface area contributed by atoms with Crippen molar-refractivity contribution in [3.05, 3.63) is 58.7 Å². The van der Waals surface area contributed by atoms with Crippen LogP contribution in [0.15, 0.2) is 41.6 Å². The van der Waals surface area contributed by atoms with Crippen molar-refractivity contribution in [2.45, 2.75) is 44.4 Å². The number of aromatic amines is 1. The molecule has 3 amide bonds. The van der Waals surface area contributed by atoms with E-state index in [1.807, 2.05) is 0 Å². The monoisotopic (exact) mass is 578 g/mol. The van der Waals surface area contributed by atoms with Crippen molar-refractivity contribution in [2.75, 3.05) is 26.5 Å². The molecule has 3 N–H and O–H groups in total. The number of carbonyl (C=O) groups excluding carboxylic acids is 3. The third-order valence-electron chi connectivity index (χ3n) is 5.78. The van der Waals surface area contributed by atoms with Gasteiger partial charge in [-0.3, -0.25) is 14.4 Å². The second-order valence-electron chi connectivity index (χ2n) is 9.06. The second kappa shape index (κ2) is 13.5. The zero-order valence-electron chi connectivity index (χ0n) is 22.5. The number of H-pyrrole nitrogens is 1. The van der Waals surface area contributed by atoms with E-state index in [0.717, 1.165) is 13.4 Å². The van der Waals surface area contributed by atoms with Gasteiger partial charge in [-0.25, -0.2) is 19.7 Å². The SMILES string of the molecule is COC(=O)NC(CC/C=C/C(=O)N(C)C)C(=O)Nc1cccn(Cc2nc3ncnc(CCC(F)(F)F)c3[nH]2)c1=O. The number of hydrogen-bond donors (Lipinski definition) is 3. The minimum Gasteiger partial charge on any atom is -0.453 e. The molecule has 1 atom stereocenters. The zero-order chi connectivity index (χ0) is 30.2. The summed E-state index contributed by atoms with van der Waals surface area (Å²) in [5.41, 5.74) is -0.151. The molecule has 0 aromatic carbocycles. The minimum atomic E-state index is -4.36. The number of fused-ring (bicyclic) bond motifs is 1. The van der Waals surface area contributed by atoms with Gasteiger partial charge in [-0.2, -0.15) is 13.2 Å². The summed E-state index contributed by atoms with van der Waals surface area (Å²) in [5.74, 6) is -0.694. The maximum absolute atomic E-state index is 13.1. The maximum atomic E-state index is 13.1. The van der Waals surface area contributed by atoms with Crippen molar-refractivity contribution in [3.63, 3.8) is 0 Å². The number of aromatic nitrogens is 5. The Morgan fingerprint density at radius 1 is 1.24 bits per heavy atom. The number of nitrogens with one attached hydrogen (secondary N) is 3. The van der Waals surface area contributed by atoms with E-state index in [0.29, 0.717) is 0 Å². The minimum absolute atomic E-state index is 0.0886. The molecule has 0 fully saturated rings. The predicted octanol–water partition coefficient (Wildman–Crippen LogP) is 2.15. The second-order valence-corrected chi connectivity index (χ2v) is 9.06. The van der Waals surface area contributed by atoms with Crippen molar-refractivity contribution in [1.82, 2.24) is 34.7 Å². The molecule has 16 heteroatoms. The van der Waals surface area contributed by atoms with Gasteiger partial charge in [0.05, 0.1) is 19.3 Å². The number of amides is 3. The molecule has 0 aliphatic heterocycles. The Kier molecular flexibility index (Phi) is 10.2. The average molecular weight is 579 g/mol. The summed E-state index contributed by atoms with van der Waals surface area (Å²) in [7, 11) is 4.32. The highest BCUT2D eigenvalue weighted by Gasteiger charge is 2.27. The van der Waals surface area contributed by atoms with E-state index in [9.17, 15) is 32.3 Å². The number of aryl methyl sites for hydroxylation is 1. The Labute approximate surface area is 231 Å². The fourth-order valence-electron chi connectivity index (χ4n) is 3.65. The molecular formula is C25H29F3N8O5. The zero-order valence-corrected chi connectivity index (χ0v) is 22.5. The quantitative estimate of drug-likeness (QED) is 0.291. The number of allylic oxidation sites excluding steroid dienone is 1. The lowest BCUT2D eigenvalue weighted by Gasteiger charge is -2.17. The number of anilines is 1. The van der Waals surface area contributed by atoms with E-state index in [1.54, 1.807) is 20.2 Å². The number of rotatable bonds is 11. The first kappa shape index (κ1) is 30.8. The summed E-state index contributed by atoms with van der Waals surface area (Å²) in [4.78, 5) is 65.9. The van der Waals surface area contributed by atoms with Crippen LogP contribution in [-0.4, -0.2) is 80.7 Å². The number of ether oxygens (including phenoxy) is 1. The van der Waals surface area contributed by atoms with Crippen LogP contribution in [0.25, 0.3) is 11.2 Å². The van der Waals surface area contributed by atoms with Crippen LogP contribution in [0.4, 0.5) is 23.7 Å². The van der Waals surface area contributed by atoms with Gasteiger partial charge in [0.25, 0.3) is 5.56 Å². The molecule has 0 spiro atoms. The standard InChI is InChI=1S/C25H29F3N8O5/c1-35(2)19(37)9-5-4-7-16(32-24(40)41-3)22(38)31-17-8-6-12-36(23(17)39)13-18-33-20-15(10-11-25(26,27)28)29-14-30-21(20)34-18/h5-6,8-9,12,14,16H,4,7,10-11,13H2,1-3H3,(H,31,38)(H,32,40)(H,29,30,33,34)/b9-5+. The Bertz CT molecular complexity index is 1480. The van der Waals surface area contributed by atoms with Crippen molar-refractivity contribution < 1.29 is 32.3 Å². The number of methoxy groups -OCH3 is 1. The molecule has 1 unspecified atom stereocenters. The van der Waals surface area contributed by atoms with Crippen molar-refractivity contribution in [3.8, 4) is 0 Å². The predicted molar refractivity (Wildman–Crippen MR) is 141 cm³/mol. The Morgan fingerprint density at radius 3 is 2.68 bits per heavy atom. The van der Waals surface area contributed by atoms with E-state index in [2.05, 4.69) is 35.3 Å². The highest BCUT2D eigenvalue weighted by atomic mass is 19.4. The van der Waals surface area contributed by atoms with Crippen molar-refractivity contribution in [2.24, 2.45) is 0 Å². The van der Waals surface area contributed by atoms with Crippen LogP contribution >= 0.6 is 0 Å². The summed E-state index contributed by atoms with van der Waals surface area (Å²) >= 11 is 0. The third-order valence-corrected chi connectivity index (χ3v) is 5.78. The van der Waals surface area contributed by atoms with E-state index in [1.165, 1.54) is 33.9 Å². The molecule has 0 aliphatic carbocycles. The molecule has 0 aliphatic rings. The summed E-state index contributed by atoms with van der Waals surface area (Å²) < 4.78 is 43.9. The molecule has 0 bridgehead atoms. The maximum Gasteiger partial charge on any atom is 0.407 e. The van der Waals surface area contributed by atoms with Gasteiger partial charge in [0.2, 0.25) is 11.8 Å². The molecule has 220 valence electrons. The van der Waals surface area contributed by atoms with Gasteiger partial charge in [0.1, 0.15) is 29.4 Å². The molecule has 41 heavy (non-hydrogen) atoms. The van der Waals surface area contributed by atoms with Crippen LogP contribution in [-0.2, 0) is 27.3 Å². The first-order chi connectivity index (χ1) is 19.4. The molecular weight excluding hydrogens is 549 g/mol. The van der Waals surface area contributed by atoms with Gasteiger partial charge in [0, 0.05) is 33.1 Å². The number of halogens is 3. The number of imidazole rings is 1. The number of alkyl halides is 3. The van der Waals surface area contributed by atoms with Crippen LogP contribution in [0.5, 0.6) is 0 Å². The van der Waals surface area contributed by atoms with Gasteiger partial charge in [-0.15, -0.1) is 0 Å². The summed E-state index contributed by atoms with van der Waals surface area (Å²) in [6.07, 6.45) is -0.809. The Balaban J connectivity index is 1.75. The van der Waals surface area contributed by atoms with Crippen LogP contribution < -0.4 is 16.2 Å². The molecule has 0 saturated carbocycles. The van der Waals surface area contributed by atoms with Crippen LogP contribution in [0.1, 0.15) is 30.8 Å². The summed E-state index contributed by atoms with van der Waals surface area (Å²) in [5, 5.41) is 4.90. The highest BCUT2D eigenvalue weighted by molar-refractivity contribution is 5.96. The average Bonchev–Trinajstić information content (AvgIpc) is 3.33. The number of carbonyl (C=O) groups is 3. The van der Waals surface area contributed by atoms with E-state index in [-0.39, 0.29) is 60.1 Å². The lowest BCUT2D eigenvalue weighted by Crippen LogP contribution is -2.44. The van der Waals surface area contributed by atoms with Gasteiger partial charge in [0.15, 0.2) is 5.65 Å². The lowest BCUT2D eigenvalue weighted by molar-refractivity contribution is -0.134. The van der Waals surface area contributed by atoms with Crippen molar-refractivity contribution in [1.29, 1.82) is 0 Å². The van der Waals surface area contributed by atoms with Gasteiger partial charge in [-0.05, 0) is 31.1 Å². The highest BCUT2D eigenvalue weighted by Crippen LogP contribution is 2.23. The number of nitrogens with zero attached hydrogens (tertiary/aromatic N) is 5. The van der Waals surface area contributed by atoms with Crippen LogP contribution in [0, 0.1) is 0 Å². The van der Waals surface area contributed by atoms with Gasteiger partial charge < -0.3 is 29.8 Å². The summed E-state index contributed by atoms with van der Waals surface area (Å²) in [6, 6.07) is 1.80. The Hall–Kier alpha value is -4.76. The lowest BCUT2D eigenvalue weighted by atomic mass is 10.1. The molecule has 3 heterocycles. The normalized spacial score (nSPS) is 12.3. The molecule has 3 rings (SSSR count). The third kappa shape index (κ3) is 8.87. The fraction of sp³-hybridized carbons (Fsp3) is 0.400. The molecule has 0 saturated heterocycles. The number of alkyl carbamates (subject to hydrolysis) is 1. The summed E-state index contributed by atoms with van der Waals surface area (Å²) in [6.45, 7) is -0.105. The molecule has 13 nitrogen and oxygen atoms in total. The number of hydrogen-bond acceptors (Lipinski definition) is 8.